The van der Waals surface area contributed by atoms with Gasteiger partial charge < -0.3 is 19.9 Å². The highest BCUT2D eigenvalue weighted by Crippen LogP contribution is 2.33. The molecular formula is C16H17IN2O4. The molecule has 1 amide bonds. The van der Waals surface area contributed by atoms with E-state index in [1.165, 1.54) is 13.2 Å². The summed E-state index contributed by atoms with van der Waals surface area (Å²) >= 11 is 1.96. The number of halogens is 1. The quantitative estimate of drug-likeness (QED) is 0.427. The van der Waals surface area contributed by atoms with Crippen molar-refractivity contribution in [2.24, 2.45) is 0 Å². The molecule has 0 aliphatic carbocycles. The first-order chi connectivity index (χ1) is 11.0. The summed E-state index contributed by atoms with van der Waals surface area (Å²) in [6.07, 6.45) is 3.40. The van der Waals surface area contributed by atoms with E-state index in [4.69, 9.17) is 9.47 Å². The van der Waals surface area contributed by atoms with E-state index >= 15 is 0 Å². The minimum atomic E-state index is -0.440. The van der Waals surface area contributed by atoms with Crippen molar-refractivity contribution in [3.8, 4) is 17.6 Å². The van der Waals surface area contributed by atoms with Gasteiger partial charge in [0.15, 0.2) is 11.5 Å². The number of benzene rings is 1. The van der Waals surface area contributed by atoms with Crippen LogP contribution in [0.4, 0.5) is 0 Å². The zero-order valence-electron chi connectivity index (χ0n) is 12.6. The van der Waals surface area contributed by atoms with Crippen LogP contribution < -0.4 is 10.1 Å². The summed E-state index contributed by atoms with van der Waals surface area (Å²) in [7, 11) is 1.44. The Labute approximate surface area is 148 Å². The standard InChI is InChI=1S/C16H17IN2O4/c1-22-14-7-10(6-13(17)15(14)20)5-11(8-18)16(21)19-9-12-3-2-4-23-12/h5-7,12,20H,2-4,9H2,1H3,(H,19,21)/b11-5+/t12-/m0/s1. The highest BCUT2D eigenvalue weighted by molar-refractivity contribution is 14.1. The lowest BCUT2D eigenvalue weighted by Gasteiger charge is -2.10. The third kappa shape index (κ3) is 4.59. The fourth-order valence-electron chi connectivity index (χ4n) is 2.26. The van der Waals surface area contributed by atoms with E-state index in [1.54, 1.807) is 12.1 Å². The molecule has 0 bridgehead atoms. The number of rotatable bonds is 5. The normalized spacial score (nSPS) is 17.6. The van der Waals surface area contributed by atoms with Gasteiger partial charge in [-0.3, -0.25) is 4.79 Å². The molecule has 1 aliphatic heterocycles. The zero-order valence-corrected chi connectivity index (χ0v) is 14.8. The molecule has 1 saturated heterocycles. The number of nitrogens with one attached hydrogen (secondary N) is 1. The van der Waals surface area contributed by atoms with Crippen molar-refractivity contribution in [2.75, 3.05) is 20.3 Å². The number of phenols is 1. The molecule has 2 N–H and O–H groups in total. The highest BCUT2D eigenvalue weighted by Gasteiger charge is 2.18. The Morgan fingerprint density at radius 3 is 3.04 bits per heavy atom. The number of hydrogen-bond acceptors (Lipinski definition) is 5. The van der Waals surface area contributed by atoms with Crippen molar-refractivity contribution in [3.63, 3.8) is 0 Å². The van der Waals surface area contributed by atoms with Gasteiger partial charge in [0.1, 0.15) is 11.6 Å². The lowest BCUT2D eigenvalue weighted by Crippen LogP contribution is -2.32. The van der Waals surface area contributed by atoms with Gasteiger partial charge in [0.2, 0.25) is 0 Å². The number of nitrogens with zero attached hydrogens (tertiary/aromatic N) is 1. The maximum atomic E-state index is 12.1. The van der Waals surface area contributed by atoms with Crippen LogP contribution in [-0.2, 0) is 9.53 Å². The first kappa shape index (κ1) is 17.6. The Kier molecular flexibility index (Phi) is 6.24. The summed E-state index contributed by atoms with van der Waals surface area (Å²) < 4.78 is 11.1. The number of carbonyl (C=O) groups is 1. The average molecular weight is 428 g/mol. The number of hydrogen-bond donors (Lipinski definition) is 2. The number of nitriles is 1. The van der Waals surface area contributed by atoms with Crippen LogP contribution in [0.2, 0.25) is 0 Å². The van der Waals surface area contributed by atoms with Crippen molar-refractivity contribution >= 4 is 34.6 Å². The van der Waals surface area contributed by atoms with Crippen LogP contribution in [-0.4, -0.2) is 37.4 Å². The first-order valence-corrected chi connectivity index (χ1v) is 8.21. The molecule has 23 heavy (non-hydrogen) atoms. The van der Waals surface area contributed by atoms with Gasteiger partial charge in [-0.05, 0) is 59.2 Å². The second kappa shape index (κ2) is 8.17. The van der Waals surface area contributed by atoms with Crippen molar-refractivity contribution in [1.82, 2.24) is 5.32 Å². The molecule has 2 rings (SSSR count). The molecule has 0 spiro atoms. The average Bonchev–Trinajstić information content (AvgIpc) is 3.06. The van der Waals surface area contributed by atoms with Gasteiger partial charge in [0.05, 0.1) is 16.8 Å². The second-order valence-corrected chi connectivity index (χ2v) is 6.23. The van der Waals surface area contributed by atoms with Crippen LogP contribution in [0.1, 0.15) is 18.4 Å². The molecule has 1 aliphatic rings. The minimum Gasteiger partial charge on any atom is -0.504 e. The molecule has 0 radical (unpaired) electrons. The maximum Gasteiger partial charge on any atom is 0.262 e. The van der Waals surface area contributed by atoms with E-state index in [0.29, 0.717) is 28.0 Å². The Morgan fingerprint density at radius 1 is 1.65 bits per heavy atom. The summed E-state index contributed by atoms with van der Waals surface area (Å²) in [4.78, 5) is 12.1. The summed E-state index contributed by atoms with van der Waals surface area (Å²) in [5, 5.41) is 21.7. The van der Waals surface area contributed by atoms with E-state index in [1.807, 2.05) is 28.7 Å². The van der Waals surface area contributed by atoms with Crippen LogP contribution in [0, 0.1) is 14.9 Å². The van der Waals surface area contributed by atoms with Crippen LogP contribution >= 0.6 is 22.6 Å². The third-order valence-electron chi connectivity index (χ3n) is 3.46. The summed E-state index contributed by atoms with van der Waals surface area (Å²) in [6.45, 7) is 1.11. The predicted octanol–water partition coefficient (Wildman–Crippen LogP) is 2.21. The first-order valence-electron chi connectivity index (χ1n) is 7.13. The lowest BCUT2D eigenvalue weighted by atomic mass is 10.1. The molecule has 122 valence electrons. The Morgan fingerprint density at radius 2 is 2.43 bits per heavy atom. The summed E-state index contributed by atoms with van der Waals surface area (Å²) in [6, 6.07) is 5.14. The maximum absolute atomic E-state index is 12.1. The van der Waals surface area contributed by atoms with E-state index in [0.717, 1.165) is 12.8 Å². The zero-order chi connectivity index (χ0) is 16.8. The number of amides is 1. The molecule has 1 heterocycles. The molecule has 6 nitrogen and oxygen atoms in total. The van der Waals surface area contributed by atoms with Crippen molar-refractivity contribution in [1.29, 1.82) is 5.26 Å². The fourth-order valence-corrected chi connectivity index (χ4v) is 2.88. The van der Waals surface area contributed by atoms with E-state index in [9.17, 15) is 15.2 Å². The van der Waals surface area contributed by atoms with Gasteiger partial charge >= 0.3 is 0 Å². The van der Waals surface area contributed by atoms with Crippen LogP contribution in [0.3, 0.4) is 0 Å². The Bertz CT molecular complexity index is 661. The molecule has 1 aromatic rings. The summed E-state index contributed by atoms with van der Waals surface area (Å²) in [5.74, 6) is -0.114. The van der Waals surface area contributed by atoms with Crippen LogP contribution in [0.15, 0.2) is 17.7 Å². The van der Waals surface area contributed by atoms with Gasteiger partial charge in [0, 0.05) is 13.2 Å². The van der Waals surface area contributed by atoms with Crippen LogP contribution in [0.25, 0.3) is 6.08 Å². The van der Waals surface area contributed by atoms with Crippen molar-refractivity contribution in [2.45, 2.75) is 18.9 Å². The van der Waals surface area contributed by atoms with E-state index < -0.39 is 5.91 Å². The van der Waals surface area contributed by atoms with Gasteiger partial charge in [-0.15, -0.1) is 0 Å². The Balaban J connectivity index is 2.13. The molecular weight excluding hydrogens is 411 g/mol. The molecule has 1 fully saturated rings. The Hall–Kier alpha value is -1.79. The van der Waals surface area contributed by atoms with Gasteiger partial charge in [-0.2, -0.15) is 5.26 Å². The SMILES string of the molecule is COc1cc(/C=C(\C#N)C(=O)NC[C@@H]2CCCO2)cc(I)c1O. The van der Waals surface area contributed by atoms with Crippen molar-refractivity contribution < 1.29 is 19.4 Å². The van der Waals surface area contributed by atoms with Crippen molar-refractivity contribution in [3.05, 3.63) is 26.8 Å². The summed E-state index contributed by atoms with van der Waals surface area (Å²) in [5.41, 5.74) is 0.597. The number of aromatic hydroxyl groups is 1. The largest absolute Gasteiger partial charge is 0.504 e. The van der Waals surface area contributed by atoms with Gasteiger partial charge in [-0.25, -0.2) is 0 Å². The molecule has 1 atom stereocenters. The molecule has 1 aromatic carbocycles. The number of phenolic OH excluding ortho intramolecular Hbond substituents is 1. The topological polar surface area (TPSA) is 91.6 Å². The smallest absolute Gasteiger partial charge is 0.262 e. The van der Waals surface area contributed by atoms with Gasteiger partial charge in [0.25, 0.3) is 5.91 Å². The number of carbonyl (C=O) groups excluding carboxylic acids is 1. The highest BCUT2D eigenvalue weighted by atomic mass is 127. The second-order valence-electron chi connectivity index (χ2n) is 5.07. The van der Waals surface area contributed by atoms with Gasteiger partial charge in [-0.1, -0.05) is 0 Å². The molecule has 0 aromatic heterocycles. The van der Waals surface area contributed by atoms with E-state index in [-0.39, 0.29) is 17.4 Å². The monoisotopic (exact) mass is 428 g/mol. The third-order valence-corrected chi connectivity index (χ3v) is 4.28. The molecule has 0 saturated carbocycles. The van der Waals surface area contributed by atoms with E-state index in [2.05, 4.69) is 5.32 Å². The predicted molar refractivity (Wildman–Crippen MR) is 92.9 cm³/mol. The lowest BCUT2D eigenvalue weighted by molar-refractivity contribution is -0.117. The molecule has 7 heteroatoms. The van der Waals surface area contributed by atoms with Crippen LogP contribution in [0.5, 0.6) is 11.5 Å². The molecule has 0 unspecified atom stereocenters. The minimum absolute atomic E-state index is 0.00783. The number of methoxy groups -OCH3 is 1. The number of ether oxygens (including phenoxy) is 2. The fraction of sp³-hybridized carbons (Fsp3) is 0.375.